The molecular formula is C20H30O2. The Labute approximate surface area is 135 Å². The smallest absolute Gasteiger partial charge is 0.306 e. The molecule has 1 aliphatic rings. The van der Waals surface area contributed by atoms with Gasteiger partial charge in [0.2, 0.25) is 0 Å². The van der Waals surface area contributed by atoms with Crippen LogP contribution in [0.25, 0.3) is 0 Å². The lowest BCUT2D eigenvalue weighted by Gasteiger charge is -2.36. The number of rotatable bonds is 5. The van der Waals surface area contributed by atoms with Crippen molar-refractivity contribution in [1.29, 1.82) is 0 Å². The van der Waals surface area contributed by atoms with E-state index in [9.17, 15) is 4.79 Å². The van der Waals surface area contributed by atoms with Crippen molar-refractivity contribution >= 4 is 5.97 Å². The third-order valence-electron chi connectivity index (χ3n) is 5.09. The van der Waals surface area contributed by atoms with Gasteiger partial charge in [-0.05, 0) is 42.1 Å². The van der Waals surface area contributed by atoms with Gasteiger partial charge >= 0.3 is 5.97 Å². The molecule has 4 atom stereocenters. The molecular weight excluding hydrogens is 272 g/mol. The molecule has 0 bridgehead atoms. The van der Waals surface area contributed by atoms with Gasteiger partial charge in [0, 0.05) is 0 Å². The van der Waals surface area contributed by atoms with Crippen LogP contribution >= 0.6 is 0 Å². The maximum Gasteiger partial charge on any atom is 0.306 e. The largest absolute Gasteiger partial charge is 0.462 e. The van der Waals surface area contributed by atoms with Gasteiger partial charge < -0.3 is 4.74 Å². The standard InChI is InChI=1S/C20H30O2/c1-14(2)18-11-10-15(3)12-19(18)22-20(21)13-16(4)17-8-6-5-7-9-17/h5-9,14-16,18-19H,10-13H2,1-4H3/t15-,16?,18+,19-/m1/s1. The number of hydrogen-bond donors (Lipinski definition) is 0. The Hall–Kier alpha value is -1.31. The lowest BCUT2D eigenvalue weighted by molar-refractivity contribution is -0.156. The molecule has 0 spiro atoms. The van der Waals surface area contributed by atoms with Gasteiger partial charge in [0.1, 0.15) is 6.10 Å². The van der Waals surface area contributed by atoms with E-state index in [4.69, 9.17) is 4.74 Å². The Morgan fingerprint density at radius 3 is 2.50 bits per heavy atom. The number of ether oxygens (including phenoxy) is 1. The third kappa shape index (κ3) is 4.59. The molecule has 0 radical (unpaired) electrons. The monoisotopic (exact) mass is 302 g/mol. The van der Waals surface area contributed by atoms with Gasteiger partial charge in [0.15, 0.2) is 0 Å². The zero-order valence-corrected chi connectivity index (χ0v) is 14.4. The predicted molar refractivity (Wildman–Crippen MR) is 90.7 cm³/mol. The molecule has 122 valence electrons. The zero-order valence-electron chi connectivity index (χ0n) is 14.4. The van der Waals surface area contributed by atoms with E-state index in [1.807, 2.05) is 18.2 Å². The molecule has 1 fully saturated rings. The van der Waals surface area contributed by atoms with Crippen LogP contribution in [0.5, 0.6) is 0 Å². The highest BCUT2D eigenvalue weighted by molar-refractivity contribution is 5.70. The molecule has 2 heteroatoms. The summed E-state index contributed by atoms with van der Waals surface area (Å²) in [6.45, 7) is 8.85. The van der Waals surface area contributed by atoms with Gasteiger partial charge in [0.25, 0.3) is 0 Å². The van der Waals surface area contributed by atoms with E-state index >= 15 is 0 Å². The first-order valence-electron chi connectivity index (χ1n) is 8.71. The lowest BCUT2D eigenvalue weighted by atomic mass is 9.75. The van der Waals surface area contributed by atoms with Crippen molar-refractivity contribution in [3.63, 3.8) is 0 Å². The van der Waals surface area contributed by atoms with Crippen LogP contribution in [-0.4, -0.2) is 12.1 Å². The number of carbonyl (C=O) groups excluding carboxylic acids is 1. The Bertz CT molecular complexity index is 466. The summed E-state index contributed by atoms with van der Waals surface area (Å²) in [6, 6.07) is 10.2. The second-order valence-corrected chi connectivity index (χ2v) is 7.37. The third-order valence-corrected chi connectivity index (χ3v) is 5.09. The average Bonchev–Trinajstić information content (AvgIpc) is 2.47. The summed E-state index contributed by atoms with van der Waals surface area (Å²) in [6.07, 6.45) is 4.05. The highest BCUT2D eigenvalue weighted by atomic mass is 16.5. The van der Waals surface area contributed by atoms with Gasteiger partial charge in [-0.25, -0.2) is 0 Å². The fourth-order valence-corrected chi connectivity index (χ4v) is 3.62. The highest BCUT2D eigenvalue weighted by Crippen LogP contribution is 2.35. The van der Waals surface area contributed by atoms with Crippen molar-refractivity contribution in [2.24, 2.45) is 17.8 Å². The molecule has 2 rings (SSSR count). The first kappa shape index (κ1) is 17.1. The summed E-state index contributed by atoms with van der Waals surface area (Å²) < 4.78 is 5.89. The van der Waals surface area contributed by atoms with E-state index < -0.39 is 0 Å². The van der Waals surface area contributed by atoms with Crippen LogP contribution in [0.1, 0.15) is 64.9 Å². The van der Waals surface area contributed by atoms with Crippen molar-refractivity contribution in [1.82, 2.24) is 0 Å². The Kier molecular flexibility index (Phi) is 6.05. The summed E-state index contributed by atoms with van der Waals surface area (Å²) in [5, 5.41) is 0. The number of benzene rings is 1. The highest BCUT2D eigenvalue weighted by Gasteiger charge is 2.33. The number of hydrogen-bond acceptors (Lipinski definition) is 2. The second kappa shape index (κ2) is 7.80. The molecule has 0 N–H and O–H groups in total. The minimum atomic E-state index is -0.0406. The fraction of sp³-hybridized carbons (Fsp3) is 0.650. The molecule has 0 aliphatic heterocycles. The van der Waals surface area contributed by atoms with E-state index in [-0.39, 0.29) is 18.0 Å². The van der Waals surface area contributed by atoms with E-state index in [2.05, 4.69) is 39.8 Å². The number of carbonyl (C=O) groups is 1. The van der Waals surface area contributed by atoms with Crippen LogP contribution in [0.3, 0.4) is 0 Å². The summed E-state index contributed by atoms with van der Waals surface area (Å²) in [5.41, 5.74) is 1.21. The van der Waals surface area contributed by atoms with Gasteiger partial charge in [-0.15, -0.1) is 0 Å². The van der Waals surface area contributed by atoms with Gasteiger partial charge in [0.05, 0.1) is 6.42 Å². The lowest BCUT2D eigenvalue weighted by Crippen LogP contribution is -2.36. The fourth-order valence-electron chi connectivity index (χ4n) is 3.62. The first-order valence-corrected chi connectivity index (χ1v) is 8.71. The van der Waals surface area contributed by atoms with E-state index in [1.165, 1.54) is 18.4 Å². The Balaban J connectivity index is 1.92. The molecule has 0 saturated heterocycles. The normalized spacial score (nSPS) is 26.7. The minimum Gasteiger partial charge on any atom is -0.462 e. The van der Waals surface area contributed by atoms with Crippen LogP contribution in [0, 0.1) is 17.8 Å². The van der Waals surface area contributed by atoms with Crippen molar-refractivity contribution in [3.8, 4) is 0 Å². The molecule has 22 heavy (non-hydrogen) atoms. The summed E-state index contributed by atoms with van der Waals surface area (Å²) in [4.78, 5) is 12.3. The molecule has 1 aromatic carbocycles. The number of esters is 1. The van der Waals surface area contributed by atoms with Crippen LogP contribution in [-0.2, 0) is 9.53 Å². The van der Waals surface area contributed by atoms with Gasteiger partial charge in [-0.1, -0.05) is 64.4 Å². The average molecular weight is 302 g/mol. The minimum absolute atomic E-state index is 0.0406. The zero-order chi connectivity index (χ0) is 16.1. The van der Waals surface area contributed by atoms with Gasteiger partial charge in [-0.2, -0.15) is 0 Å². The maximum atomic E-state index is 12.3. The second-order valence-electron chi connectivity index (χ2n) is 7.37. The molecule has 2 nitrogen and oxygen atoms in total. The summed E-state index contributed by atoms with van der Waals surface area (Å²) in [7, 11) is 0. The molecule has 0 aromatic heterocycles. The van der Waals surface area contributed by atoms with E-state index in [0.29, 0.717) is 24.2 Å². The summed E-state index contributed by atoms with van der Waals surface area (Å²) in [5.74, 6) is 1.94. The maximum absolute atomic E-state index is 12.3. The molecule has 0 amide bonds. The Morgan fingerprint density at radius 1 is 1.18 bits per heavy atom. The van der Waals surface area contributed by atoms with Crippen LogP contribution in [0.2, 0.25) is 0 Å². The van der Waals surface area contributed by atoms with Crippen molar-refractivity contribution in [2.45, 2.75) is 65.4 Å². The first-order chi connectivity index (χ1) is 10.5. The SMILES string of the molecule is CC(CC(=O)O[C@@H]1C[C@H](C)CC[C@H]1C(C)C)c1ccccc1. The topological polar surface area (TPSA) is 26.3 Å². The summed E-state index contributed by atoms with van der Waals surface area (Å²) >= 11 is 0. The Morgan fingerprint density at radius 2 is 1.86 bits per heavy atom. The van der Waals surface area contributed by atoms with E-state index in [0.717, 1.165) is 6.42 Å². The molecule has 1 aliphatic carbocycles. The molecule has 1 saturated carbocycles. The van der Waals surface area contributed by atoms with Crippen molar-refractivity contribution < 1.29 is 9.53 Å². The van der Waals surface area contributed by atoms with Crippen LogP contribution < -0.4 is 0 Å². The predicted octanol–water partition coefficient (Wildman–Crippen LogP) is 5.18. The molecule has 1 unspecified atom stereocenters. The van der Waals surface area contributed by atoms with Crippen molar-refractivity contribution in [3.05, 3.63) is 35.9 Å². The van der Waals surface area contributed by atoms with Gasteiger partial charge in [-0.3, -0.25) is 4.79 Å². The quantitative estimate of drug-likeness (QED) is 0.700. The van der Waals surface area contributed by atoms with Crippen molar-refractivity contribution in [2.75, 3.05) is 0 Å². The van der Waals surface area contributed by atoms with E-state index in [1.54, 1.807) is 0 Å². The molecule has 1 aromatic rings. The van der Waals surface area contributed by atoms with Crippen LogP contribution in [0.4, 0.5) is 0 Å². The molecule has 0 heterocycles. The van der Waals surface area contributed by atoms with Crippen LogP contribution in [0.15, 0.2) is 30.3 Å².